The van der Waals surface area contributed by atoms with E-state index in [0.717, 1.165) is 18.9 Å². The van der Waals surface area contributed by atoms with Gasteiger partial charge in [-0.3, -0.25) is 10.1 Å². The molecule has 0 heterocycles. The minimum absolute atomic E-state index is 0.0144. The Morgan fingerprint density at radius 1 is 1.52 bits per heavy atom. The van der Waals surface area contributed by atoms with Gasteiger partial charge in [0.05, 0.1) is 22.7 Å². The van der Waals surface area contributed by atoms with Crippen LogP contribution in [0.2, 0.25) is 0 Å². The Morgan fingerprint density at radius 3 is 2.76 bits per heavy atom. The third-order valence-electron chi connectivity index (χ3n) is 3.59. The van der Waals surface area contributed by atoms with Crippen molar-refractivity contribution in [2.75, 3.05) is 12.4 Å². The highest BCUT2D eigenvalue weighted by Gasteiger charge is 2.28. The van der Waals surface area contributed by atoms with Crippen molar-refractivity contribution in [3.63, 3.8) is 0 Å². The first-order valence-electron chi connectivity index (χ1n) is 6.43. The van der Waals surface area contributed by atoms with Crippen molar-refractivity contribution in [1.82, 2.24) is 0 Å². The Hall–Kier alpha value is -2.22. The Labute approximate surface area is 119 Å². The van der Waals surface area contributed by atoms with Crippen LogP contribution in [0.25, 0.3) is 0 Å². The van der Waals surface area contributed by atoms with Gasteiger partial charge < -0.3 is 15.2 Å². The molecule has 1 aromatic carbocycles. The van der Waals surface area contributed by atoms with E-state index in [1.54, 1.807) is 7.11 Å². The van der Waals surface area contributed by atoms with E-state index in [-0.39, 0.29) is 17.8 Å². The van der Waals surface area contributed by atoms with Crippen LogP contribution in [-0.2, 0) is 4.74 Å². The molecule has 2 atom stereocenters. The summed E-state index contributed by atoms with van der Waals surface area (Å²) >= 11 is 0. The van der Waals surface area contributed by atoms with E-state index >= 15 is 0 Å². The number of ether oxygens (including phenoxy) is 1. The average Bonchev–Trinajstić information content (AvgIpc) is 2.87. The summed E-state index contributed by atoms with van der Waals surface area (Å²) in [6, 6.07) is 1.53. The normalized spacial score (nSPS) is 21.2. The topological polar surface area (TPSA) is 102 Å². The van der Waals surface area contributed by atoms with Crippen LogP contribution in [-0.4, -0.2) is 35.3 Å². The van der Waals surface area contributed by atoms with E-state index in [1.807, 2.05) is 0 Å². The van der Waals surface area contributed by atoms with Gasteiger partial charge in [0.25, 0.3) is 5.69 Å². The van der Waals surface area contributed by atoms with Crippen LogP contribution in [0.15, 0.2) is 12.1 Å². The Morgan fingerprint density at radius 2 is 2.24 bits per heavy atom. The SMILES string of the molecule is COC1CCC(Nc2cc(C(=O)O)c(F)cc2[N+](=O)[O-])C1. The van der Waals surface area contributed by atoms with Crippen molar-refractivity contribution in [2.24, 2.45) is 0 Å². The molecule has 1 fully saturated rings. The van der Waals surface area contributed by atoms with Gasteiger partial charge >= 0.3 is 5.97 Å². The van der Waals surface area contributed by atoms with Gasteiger partial charge in [-0.05, 0) is 25.3 Å². The predicted molar refractivity (Wildman–Crippen MR) is 72.1 cm³/mol. The van der Waals surface area contributed by atoms with Crippen molar-refractivity contribution < 1.29 is 24.0 Å². The van der Waals surface area contributed by atoms with Crippen molar-refractivity contribution in [2.45, 2.75) is 31.4 Å². The third kappa shape index (κ3) is 3.27. The van der Waals surface area contributed by atoms with Crippen molar-refractivity contribution in [1.29, 1.82) is 0 Å². The van der Waals surface area contributed by atoms with E-state index < -0.39 is 28.0 Å². The van der Waals surface area contributed by atoms with Gasteiger partial charge in [-0.2, -0.15) is 0 Å². The van der Waals surface area contributed by atoms with Crippen molar-refractivity contribution in [3.05, 3.63) is 33.6 Å². The maximum Gasteiger partial charge on any atom is 0.338 e. The fraction of sp³-hybridized carbons (Fsp3) is 0.462. The Bertz CT molecular complexity index is 578. The van der Waals surface area contributed by atoms with E-state index in [1.165, 1.54) is 0 Å². The lowest BCUT2D eigenvalue weighted by atomic mass is 10.1. The lowest BCUT2D eigenvalue weighted by Gasteiger charge is -2.15. The average molecular weight is 298 g/mol. The highest BCUT2D eigenvalue weighted by atomic mass is 19.1. The number of nitrogens with one attached hydrogen (secondary N) is 1. The van der Waals surface area contributed by atoms with E-state index in [2.05, 4.69) is 5.32 Å². The molecule has 8 heteroatoms. The standard InChI is InChI=1S/C13H15FN2O5/c1-21-8-3-2-7(4-8)15-11-5-9(13(17)18)10(14)6-12(11)16(19)20/h5-8,15H,2-4H2,1H3,(H,17,18). The fourth-order valence-corrected chi connectivity index (χ4v) is 2.50. The number of benzene rings is 1. The molecular formula is C13H15FN2O5. The number of hydrogen-bond acceptors (Lipinski definition) is 5. The summed E-state index contributed by atoms with van der Waals surface area (Å²) in [5.41, 5.74) is -1.05. The molecule has 1 aliphatic carbocycles. The molecule has 7 nitrogen and oxygen atoms in total. The third-order valence-corrected chi connectivity index (χ3v) is 3.59. The minimum Gasteiger partial charge on any atom is -0.478 e. The summed E-state index contributed by atoms with van der Waals surface area (Å²) in [7, 11) is 1.59. The molecule has 1 saturated carbocycles. The highest BCUT2D eigenvalue weighted by molar-refractivity contribution is 5.90. The number of carboxylic acid groups (broad SMARTS) is 1. The van der Waals surface area contributed by atoms with Gasteiger partial charge in [-0.15, -0.1) is 0 Å². The molecular weight excluding hydrogens is 283 g/mol. The molecule has 2 rings (SSSR count). The molecule has 1 aromatic rings. The predicted octanol–water partition coefficient (Wildman–Crippen LogP) is 2.41. The van der Waals surface area contributed by atoms with Crippen LogP contribution >= 0.6 is 0 Å². The fourth-order valence-electron chi connectivity index (χ4n) is 2.50. The Kier molecular flexibility index (Phi) is 4.37. The minimum atomic E-state index is -1.47. The number of anilines is 1. The van der Waals surface area contributed by atoms with Crippen LogP contribution in [0.1, 0.15) is 29.6 Å². The van der Waals surface area contributed by atoms with Crippen LogP contribution in [0.4, 0.5) is 15.8 Å². The number of carbonyl (C=O) groups is 1. The maximum absolute atomic E-state index is 13.5. The smallest absolute Gasteiger partial charge is 0.338 e. The summed E-state index contributed by atoms with van der Waals surface area (Å²) in [6.45, 7) is 0. The number of halogens is 1. The largest absolute Gasteiger partial charge is 0.478 e. The lowest BCUT2D eigenvalue weighted by molar-refractivity contribution is -0.384. The molecule has 0 amide bonds. The molecule has 0 saturated heterocycles. The second-order valence-electron chi connectivity index (χ2n) is 4.92. The first kappa shape index (κ1) is 15.2. The second-order valence-corrected chi connectivity index (χ2v) is 4.92. The number of hydrogen-bond donors (Lipinski definition) is 2. The van der Waals surface area contributed by atoms with Crippen molar-refractivity contribution >= 4 is 17.3 Å². The van der Waals surface area contributed by atoms with Gasteiger partial charge in [0.1, 0.15) is 11.5 Å². The number of nitrogens with zero attached hydrogens (tertiary/aromatic N) is 1. The first-order chi connectivity index (χ1) is 9.92. The van der Waals surface area contributed by atoms with Crippen molar-refractivity contribution in [3.8, 4) is 0 Å². The molecule has 0 bridgehead atoms. The van der Waals surface area contributed by atoms with Crippen LogP contribution in [0.3, 0.4) is 0 Å². The zero-order valence-electron chi connectivity index (χ0n) is 11.3. The molecule has 0 radical (unpaired) electrons. The molecule has 2 N–H and O–H groups in total. The van der Waals surface area contributed by atoms with Gasteiger partial charge in [-0.25, -0.2) is 9.18 Å². The number of methoxy groups -OCH3 is 1. The summed E-state index contributed by atoms with van der Waals surface area (Å²) in [5.74, 6) is -2.59. The molecule has 0 aliphatic heterocycles. The zero-order valence-corrected chi connectivity index (χ0v) is 11.3. The molecule has 21 heavy (non-hydrogen) atoms. The van der Waals surface area contributed by atoms with Gasteiger partial charge in [-0.1, -0.05) is 0 Å². The van der Waals surface area contributed by atoms with Gasteiger partial charge in [0.15, 0.2) is 0 Å². The van der Waals surface area contributed by atoms with Gasteiger partial charge in [0.2, 0.25) is 0 Å². The number of rotatable bonds is 5. The maximum atomic E-state index is 13.5. The highest BCUT2D eigenvalue weighted by Crippen LogP contribution is 2.32. The Balaban J connectivity index is 2.30. The molecule has 0 spiro atoms. The van der Waals surface area contributed by atoms with Crippen LogP contribution < -0.4 is 5.32 Å². The number of nitro benzene ring substituents is 1. The number of nitro groups is 1. The summed E-state index contributed by atoms with van der Waals surface area (Å²) < 4.78 is 18.7. The van der Waals surface area contributed by atoms with Crippen LogP contribution in [0, 0.1) is 15.9 Å². The molecule has 114 valence electrons. The summed E-state index contributed by atoms with van der Waals surface area (Å²) in [6.07, 6.45) is 2.29. The second kappa shape index (κ2) is 6.04. The first-order valence-corrected chi connectivity index (χ1v) is 6.43. The van der Waals surface area contributed by atoms with E-state index in [0.29, 0.717) is 12.5 Å². The van der Waals surface area contributed by atoms with Crippen LogP contribution in [0.5, 0.6) is 0 Å². The molecule has 1 aliphatic rings. The zero-order chi connectivity index (χ0) is 15.6. The summed E-state index contributed by atoms with van der Waals surface area (Å²) in [4.78, 5) is 21.2. The molecule has 0 aromatic heterocycles. The lowest BCUT2D eigenvalue weighted by Crippen LogP contribution is -2.18. The molecule has 2 unspecified atom stereocenters. The number of carboxylic acids is 1. The van der Waals surface area contributed by atoms with Gasteiger partial charge in [0, 0.05) is 13.2 Å². The number of aromatic carboxylic acids is 1. The van der Waals surface area contributed by atoms with E-state index in [4.69, 9.17) is 9.84 Å². The summed E-state index contributed by atoms with van der Waals surface area (Å²) in [5, 5.41) is 22.8. The quantitative estimate of drug-likeness (QED) is 0.639. The van der Waals surface area contributed by atoms with E-state index in [9.17, 15) is 19.3 Å². The monoisotopic (exact) mass is 298 g/mol.